The Labute approximate surface area is 128 Å². The molecule has 0 aromatic heterocycles. The number of methoxy groups -OCH3 is 1. The van der Waals surface area contributed by atoms with Gasteiger partial charge in [-0.3, -0.25) is 4.79 Å². The predicted octanol–water partition coefficient (Wildman–Crippen LogP) is 3.25. The smallest absolute Gasteiger partial charge is 0.337 e. The van der Waals surface area contributed by atoms with Crippen molar-refractivity contribution in [2.24, 2.45) is 0 Å². The SMILES string of the molecule is COC(=O)c1ccc(C2OC(=O)CC2c2ccccc2)cc1. The van der Waals surface area contributed by atoms with Crippen LogP contribution in [0, 0.1) is 0 Å². The Morgan fingerprint density at radius 1 is 1.05 bits per heavy atom. The molecular formula is C18H16O4. The molecule has 0 saturated carbocycles. The van der Waals surface area contributed by atoms with Gasteiger partial charge in [-0.05, 0) is 23.3 Å². The van der Waals surface area contributed by atoms with E-state index in [-0.39, 0.29) is 24.0 Å². The Balaban J connectivity index is 1.89. The van der Waals surface area contributed by atoms with Crippen LogP contribution in [0.5, 0.6) is 0 Å². The minimum absolute atomic E-state index is 0.00215. The van der Waals surface area contributed by atoms with E-state index >= 15 is 0 Å². The summed E-state index contributed by atoms with van der Waals surface area (Å²) in [6, 6.07) is 16.9. The zero-order chi connectivity index (χ0) is 15.5. The maximum absolute atomic E-state index is 11.7. The van der Waals surface area contributed by atoms with Crippen molar-refractivity contribution < 1.29 is 19.1 Å². The van der Waals surface area contributed by atoms with E-state index in [1.54, 1.807) is 12.1 Å². The zero-order valence-corrected chi connectivity index (χ0v) is 12.2. The summed E-state index contributed by atoms with van der Waals surface area (Å²) in [7, 11) is 1.35. The Hall–Kier alpha value is -2.62. The number of carbonyl (C=O) groups is 2. The first-order chi connectivity index (χ1) is 10.7. The van der Waals surface area contributed by atoms with E-state index in [1.807, 2.05) is 42.5 Å². The molecule has 0 N–H and O–H groups in total. The molecule has 0 radical (unpaired) electrons. The minimum atomic E-state index is -0.380. The molecule has 0 amide bonds. The number of hydrogen-bond acceptors (Lipinski definition) is 4. The molecule has 2 aromatic rings. The zero-order valence-electron chi connectivity index (χ0n) is 12.2. The predicted molar refractivity (Wildman–Crippen MR) is 80.4 cm³/mol. The second kappa shape index (κ2) is 6.02. The topological polar surface area (TPSA) is 52.6 Å². The number of esters is 2. The van der Waals surface area contributed by atoms with Crippen LogP contribution in [0.15, 0.2) is 54.6 Å². The monoisotopic (exact) mass is 296 g/mol. The third-order valence-corrected chi connectivity index (χ3v) is 3.90. The van der Waals surface area contributed by atoms with Gasteiger partial charge >= 0.3 is 11.9 Å². The van der Waals surface area contributed by atoms with Crippen LogP contribution in [-0.4, -0.2) is 19.0 Å². The molecule has 3 rings (SSSR count). The summed E-state index contributed by atoms with van der Waals surface area (Å²) in [5.41, 5.74) is 2.44. The van der Waals surface area contributed by atoms with Crippen LogP contribution in [0.2, 0.25) is 0 Å². The third-order valence-electron chi connectivity index (χ3n) is 3.90. The summed E-state index contributed by atoms with van der Waals surface area (Å²) in [4.78, 5) is 23.2. The van der Waals surface area contributed by atoms with Crippen molar-refractivity contribution in [2.75, 3.05) is 7.11 Å². The van der Waals surface area contributed by atoms with Crippen molar-refractivity contribution in [1.82, 2.24) is 0 Å². The third kappa shape index (κ3) is 2.72. The van der Waals surface area contributed by atoms with Crippen molar-refractivity contribution in [3.8, 4) is 0 Å². The average molecular weight is 296 g/mol. The van der Waals surface area contributed by atoms with Crippen molar-refractivity contribution in [3.05, 3.63) is 71.3 Å². The van der Waals surface area contributed by atoms with E-state index in [0.717, 1.165) is 11.1 Å². The van der Waals surface area contributed by atoms with Crippen molar-refractivity contribution in [2.45, 2.75) is 18.4 Å². The van der Waals surface area contributed by atoms with Gasteiger partial charge in [-0.2, -0.15) is 0 Å². The summed E-state index contributed by atoms with van der Waals surface area (Å²) >= 11 is 0. The summed E-state index contributed by atoms with van der Waals surface area (Å²) in [6.07, 6.45) is 0.0505. The molecule has 1 heterocycles. The molecule has 1 aliphatic rings. The van der Waals surface area contributed by atoms with E-state index in [0.29, 0.717) is 12.0 Å². The molecule has 0 aliphatic carbocycles. The number of carbonyl (C=O) groups excluding carboxylic acids is 2. The number of ether oxygens (including phenoxy) is 2. The lowest BCUT2D eigenvalue weighted by atomic mass is 9.88. The number of cyclic esters (lactones) is 1. The van der Waals surface area contributed by atoms with E-state index in [9.17, 15) is 9.59 Å². The van der Waals surface area contributed by atoms with Crippen molar-refractivity contribution in [1.29, 1.82) is 0 Å². The lowest BCUT2D eigenvalue weighted by Crippen LogP contribution is -2.07. The van der Waals surface area contributed by atoms with Gasteiger partial charge in [0.05, 0.1) is 19.1 Å². The molecule has 4 nitrogen and oxygen atoms in total. The van der Waals surface area contributed by atoms with Crippen LogP contribution in [0.3, 0.4) is 0 Å². The highest BCUT2D eigenvalue weighted by Gasteiger charge is 2.36. The van der Waals surface area contributed by atoms with E-state index in [2.05, 4.69) is 4.74 Å². The molecule has 1 aliphatic heterocycles. The van der Waals surface area contributed by atoms with Gasteiger partial charge in [-0.25, -0.2) is 4.79 Å². The highest BCUT2D eigenvalue weighted by Crippen LogP contribution is 2.42. The number of benzene rings is 2. The molecule has 112 valence electrons. The van der Waals surface area contributed by atoms with Crippen LogP contribution in [0.4, 0.5) is 0 Å². The van der Waals surface area contributed by atoms with Gasteiger partial charge in [0.15, 0.2) is 0 Å². The Kier molecular flexibility index (Phi) is 3.92. The Morgan fingerprint density at radius 3 is 2.36 bits per heavy atom. The largest absolute Gasteiger partial charge is 0.465 e. The first-order valence-corrected chi connectivity index (χ1v) is 7.11. The normalized spacial score (nSPS) is 20.5. The summed E-state index contributed by atoms with van der Waals surface area (Å²) in [6.45, 7) is 0. The molecular weight excluding hydrogens is 280 g/mol. The molecule has 1 saturated heterocycles. The van der Waals surface area contributed by atoms with Gasteiger partial charge in [-0.15, -0.1) is 0 Å². The number of rotatable bonds is 3. The van der Waals surface area contributed by atoms with Crippen LogP contribution in [-0.2, 0) is 14.3 Å². The second-order valence-corrected chi connectivity index (χ2v) is 5.25. The molecule has 4 heteroatoms. The summed E-state index contributed by atoms with van der Waals surface area (Å²) < 4.78 is 10.2. The quantitative estimate of drug-likeness (QED) is 0.816. The van der Waals surface area contributed by atoms with Gasteiger partial charge < -0.3 is 9.47 Å². The van der Waals surface area contributed by atoms with Crippen molar-refractivity contribution >= 4 is 11.9 Å². The molecule has 1 fully saturated rings. The van der Waals surface area contributed by atoms with Gasteiger partial charge in [0.25, 0.3) is 0 Å². The average Bonchev–Trinajstić information content (AvgIpc) is 2.97. The molecule has 2 unspecified atom stereocenters. The molecule has 0 spiro atoms. The van der Waals surface area contributed by atoms with Gasteiger partial charge in [-0.1, -0.05) is 42.5 Å². The maximum atomic E-state index is 11.7. The molecule has 0 bridgehead atoms. The highest BCUT2D eigenvalue weighted by atomic mass is 16.6. The fourth-order valence-electron chi connectivity index (χ4n) is 2.78. The molecule has 22 heavy (non-hydrogen) atoms. The summed E-state index contributed by atoms with van der Waals surface area (Å²) in [5.74, 6) is -0.580. The Bertz CT molecular complexity index is 676. The lowest BCUT2D eigenvalue weighted by Gasteiger charge is -2.18. The van der Waals surface area contributed by atoms with Crippen LogP contribution >= 0.6 is 0 Å². The van der Waals surface area contributed by atoms with E-state index in [1.165, 1.54) is 7.11 Å². The standard InChI is InChI=1S/C18H16O4/c1-21-18(20)14-9-7-13(8-10-14)17-15(11-16(19)22-17)12-5-3-2-4-6-12/h2-10,15,17H,11H2,1H3. The van der Waals surface area contributed by atoms with Crippen LogP contribution < -0.4 is 0 Å². The fourth-order valence-corrected chi connectivity index (χ4v) is 2.78. The molecule has 2 atom stereocenters. The second-order valence-electron chi connectivity index (χ2n) is 5.25. The first-order valence-electron chi connectivity index (χ1n) is 7.11. The Morgan fingerprint density at radius 2 is 1.73 bits per heavy atom. The van der Waals surface area contributed by atoms with Crippen LogP contribution in [0.1, 0.15) is 39.9 Å². The van der Waals surface area contributed by atoms with Gasteiger partial charge in [0.1, 0.15) is 6.10 Å². The molecule has 2 aromatic carbocycles. The van der Waals surface area contributed by atoms with E-state index in [4.69, 9.17) is 4.74 Å². The minimum Gasteiger partial charge on any atom is -0.465 e. The number of hydrogen-bond donors (Lipinski definition) is 0. The van der Waals surface area contributed by atoms with Gasteiger partial charge in [0.2, 0.25) is 0 Å². The fraction of sp³-hybridized carbons (Fsp3) is 0.222. The van der Waals surface area contributed by atoms with Crippen LogP contribution in [0.25, 0.3) is 0 Å². The first kappa shape index (κ1) is 14.3. The lowest BCUT2D eigenvalue weighted by molar-refractivity contribution is -0.141. The maximum Gasteiger partial charge on any atom is 0.337 e. The highest BCUT2D eigenvalue weighted by molar-refractivity contribution is 5.89. The summed E-state index contributed by atoms with van der Waals surface area (Å²) in [5, 5.41) is 0. The van der Waals surface area contributed by atoms with Gasteiger partial charge in [0, 0.05) is 5.92 Å². The van der Waals surface area contributed by atoms with E-state index < -0.39 is 0 Å². The van der Waals surface area contributed by atoms with Crippen molar-refractivity contribution in [3.63, 3.8) is 0 Å².